The van der Waals surface area contributed by atoms with Crippen LogP contribution in [0, 0.1) is 12.8 Å². The fourth-order valence-electron chi connectivity index (χ4n) is 4.38. The van der Waals surface area contributed by atoms with Crippen LogP contribution < -0.4 is 10.6 Å². The molecule has 10 heteroatoms. The highest BCUT2D eigenvalue weighted by Crippen LogP contribution is 2.30. The van der Waals surface area contributed by atoms with Gasteiger partial charge in [0.25, 0.3) is 0 Å². The number of benzene rings is 1. The molecule has 33 heavy (non-hydrogen) atoms. The van der Waals surface area contributed by atoms with Crippen LogP contribution in [0.4, 0.5) is 20.4 Å². The molecule has 1 aromatic carbocycles. The Balaban J connectivity index is 1.27. The number of nitrogens with zero attached hydrogens (tertiary/aromatic N) is 2. The molecule has 4 rings (SSSR count). The predicted octanol–water partition coefficient (Wildman–Crippen LogP) is 4.62. The van der Waals surface area contributed by atoms with Crippen molar-refractivity contribution >= 4 is 40.2 Å². The molecule has 0 atom stereocenters. The van der Waals surface area contributed by atoms with E-state index in [0.717, 1.165) is 28.8 Å². The summed E-state index contributed by atoms with van der Waals surface area (Å²) in [7, 11) is 0. The molecule has 3 amide bonds. The van der Waals surface area contributed by atoms with Gasteiger partial charge in [0.05, 0.1) is 0 Å². The maximum absolute atomic E-state index is 12.7. The van der Waals surface area contributed by atoms with Crippen molar-refractivity contribution < 1.29 is 24.2 Å². The number of anilines is 2. The summed E-state index contributed by atoms with van der Waals surface area (Å²) < 4.78 is 5.70. The smallest absolute Gasteiger partial charge is 0.410 e. The van der Waals surface area contributed by atoms with Crippen LogP contribution >= 0.6 is 11.3 Å². The van der Waals surface area contributed by atoms with E-state index in [1.807, 2.05) is 25.1 Å². The first-order valence-electron chi connectivity index (χ1n) is 11.2. The first kappa shape index (κ1) is 23.0. The van der Waals surface area contributed by atoms with Gasteiger partial charge in [-0.25, -0.2) is 14.6 Å². The number of urea groups is 1. The van der Waals surface area contributed by atoms with E-state index in [1.54, 1.807) is 11.1 Å². The molecule has 0 bridgehead atoms. The number of aryl methyl sites for hydroxylation is 1. The van der Waals surface area contributed by atoms with Crippen molar-refractivity contribution in [3.63, 3.8) is 0 Å². The molecule has 1 aliphatic heterocycles. The van der Waals surface area contributed by atoms with Crippen molar-refractivity contribution in [1.29, 1.82) is 0 Å². The van der Waals surface area contributed by atoms with E-state index in [0.29, 0.717) is 43.2 Å². The predicted molar refractivity (Wildman–Crippen MR) is 125 cm³/mol. The van der Waals surface area contributed by atoms with E-state index in [9.17, 15) is 14.4 Å². The van der Waals surface area contributed by atoms with Gasteiger partial charge < -0.3 is 20.1 Å². The Bertz CT molecular complexity index is 1030. The average molecular weight is 473 g/mol. The zero-order valence-corrected chi connectivity index (χ0v) is 19.3. The highest BCUT2D eigenvalue weighted by atomic mass is 32.1. The standard InChI is InChI=1S/C23H28N4O5S/c1-14-12-24-22(33-14)26-21(30)25-18-5-4-17-13-27(9-8-16(17)11-18)23(31)32-19-6-2-15(3-7-19)10-20(28)29/h4-5,11-12,15,19H,2-3,6-10,13H2,1H3,(H,28,29)(H2,24,25,26,30). The van der Waals surface area contributed by atoms with Crippen LogP contribution in [0.25, 0.3) is 0 Å². The number of fused-ring (bicyclic) bond motifs is 1. The Labute approximate surface area is 196 Å². The molecular weight excluding hydrogens is 444 g/mol. The van der Waals surface area contributed by atoms with E-state index in [2.05, 4.69) is 15.6 Å². The molecule has 176 valence electrons. The zero-order valence-electron chi connectivity index (χ0n) is 18.5. The van der Waals surface area contributed by atoms with E-state index in [-0.39, 0.29) is 30.6 Å². The number of carbonyl (C=O) groups excluding carboxylic acids is 2. The molecule has 0 saturated heterocycles. The summed E-state index contributed by atoms with van der Waals surface area (Å²) >= 11 is 1.41. The van der Waals surface area contributed by atoms with Gasteiger partial charge in [0.2, 0.25) is 0 Å². The molecule has 1 aliphatic carbocycles. The molecular formula is C23H28N4O5S. The number of amides is 3. The molecule has 1 saturated carbocycles. The van der Waals surface area contributed by atoms with E-state index >= 15 is 0 Å². The number of hydrogen-bond donors (Lipinski definition) is 3. The number of nitrogens with one attached hydrogen (secondary N) is 2. The van der Waals surface area contributed by atoms with Crippen molar-refractivity contribution in [1.82, 2.24) is 9.88 Å². The van der Waals surface area contributed by atoms with Gasteiger partial charge in [-0.3, -0.25) is 10.1 Å². The first-order chi connectivity index (χ1) is 15.9. The molecule has 1 fully saturated rings. The molecule has 1 aromatic heterocycles. The number of carbonyl (C=O) groups is 3. The summed E-state index contributed by atoms with van der Waals surface area (Å²) in [6.07, 6.45) is 5.10. The van der Waals surface area contributed by atoms with Gasteiger partial charge in [-0.15, -0.1) is 11.3 Å². The Morgan fingerprint density at radius 2 is 1.97 bits per heavy atom. The van der Waals surface area contributed by atoms with Gasteiger partial charge in [0.15, 0.2) is 5.13 Å². The molecule has 2 aromatic rings. The maximum Gasteiger partial charge on any atom is 0.410 e. The minimum atomic E-state index is -0.768. The fourth-order valence-corrected chi connectivity index (χ4v) is 5.04. The van der Waals surface area contributed by atoms with Gasteiger partial charge in [0.1, 0.15) is 6.10 Å². The van der Waals surface area contributed by atoms with Crippen LogP contribution in [-0.4, -0.2) is 45.7 Å². The van der Waals surface area contributed by atoms with Crippen molar-refractivity contribution in [3.8, 4) is 0 Å². The fraction of sp³-hybridized carbons (Fsp3) is 0.478. The minimum Gasteiger partial charge on any atom is -0.481 e. The van der Waals surface area contributed by atoms with Gasteiger partial charge >= 0.3 is 18.1 Å². The lowest BCUT2D eigenvalue weighted by Gasteiger charge is -2.32. The average Bonchev–Trinajstić information content (AvgIpc) is 3.18. The van der Waals surface area contributed by atoms with Gasteiger partial charge in [-0.05, 0) is 68.2 Å². The monoisotopic (exact) mass is 472 g/mol. The number of aliphatic carboxylic acids is 1. The van der Waals surface area contributed by atoms with E-state index in [1.165, 1.54) is 11.3 Å². The summed E-state index contributed by atoms with van der Waals surface area (Å²) in [4.78, 5) is 42.6. The van der Waals surface area contributed by atoms with Crippen LogP contribution in [0.15, 0.2) is 24.4 Å². The van der Waals surface area contributed by atoms with Gasteiger partial charge in [-0.2, -0.15) is 0 Å². The summed E-state index contributed by atoms with van der Waals surface area (Å²) in [5, 5.41) is 15.0. The maximum atomic E-state index is 12.7. The van der Waals surface area contributed by atoms with Crippen molar-refractivity contribution in [3.05, 3.63) is 40.4 Å². The molecule has 3 N–H and O–H groups in total. The Hall–Kier alpha value is -3.14. The minimum absolute atomic E-state index is 0.143. The van der Waals surface area contributed by atoms with E-state index < -0.39 is 5.97 Å². The third kappa shape index (κ3) is 6.22. The highest BCUT2D eigenvalue weighted by Gasteiger charge is 2.28. The molecule has 0 spiro atoms. The molecule has 2 heterocycles. The largest absolute Gasteiger partial charge is 0.481 e. The number of ether oxygens (including phenoxy) is 1. The second-order valence-electron chi connectivity index (χ2n) is 8.63. The Morgan fingerprint density at radius 1 is 1.18 bits per heavy atom. The lowest BCUT2D eigenvalue weighted by Crippen LogP contribution is -2.39. The summed E-state index contributed by atoms with van der Waals surface area (Å²) in [6.45, 7) is 2.94. The molecule has 2 aliphatic rings. The van der Waals surface area contributed by atoms with Crippen LogP contribution in [0.3, 0.4) is 0 Å². The second-order valence-corrected chi connectivity index (χ2v) is 9.87. The Morgan fingerprint density at radius 3 is 2.67 bits per heavy atom. The van der Waals surface area contributed by atoms with Crippen molar-refractivity contribution in [2.24, 2.45) is 5.92 Å². The van der Waals surface area contributed by atoms with Gasteiger partial charge in [0, 0.05) is 36.3 Å². The SMILES string of the molecule is Cc1cnc(NC(=O)Nc2ccc3c(c2)CCN(C(=O)OC2CCC(CC(=O)O)CC2)C3)s1. The second kappa shape index (κ2) is 10.2. The van der Waals surface area contributed by atoms with Crippen molar-refractivity contribution in [2.75, 3.05) is 17.2 Å². The normalized spacial score (nSPS) is 20.0. The molecule has 9 nitrogen and oxygen atoms in total. The molecule has 0 unspecified atom stereocenters. The number of thiazole rings is 1. The Kier molecular flexibility index (Phi) is 7.12. The number of aromatic nitrogens is 1. The topological polar surface area (TPSA) is 121 Å². The van der Waals surface area contributed by atoms with Crippen LogP contribution in [-0.2, 0) is 22.5 Å². The van der Waals surface area contributed by atoms with E-state index in [4.69, 9.17) is 9.84 Å². The third-order valence-electron chi connectivity index (χ3n) is 6.10. The number of carboxylic acids is 1. The summed E-state index contributed by atoms with van der Waals surface area (Å²) in [6, 6.07) is 5.34. The summed E-state index contributed by atoms with van der Waals surface area (Å²) in [5.41, 5.74) is 2.81. The quantitative estimate of drug-likeness (QED) is 0.584. The lowest BCUT2D eigenvalue weighted by molar-refractivity contribution is -0.138. The number of carboxylic acid groups (broad SMARTS) is 1. The zero-order chi connectivity index (χ0) is 23.4. The third-order valence-corrected chi connectivity index (χ3v) is 6.93. The van der Waals surface area contributed by atoms with Crippen LogP contribution in [0.5, 0.6) is 0 Å². The number of rotatable bonds is 5. The number of hydrogen-bond acceptors (Lipinski definition) is 6. The highest BCUT2D eigenvalue weighted by molar-refractivity contribution is 7.15. The van der Waals surface area contributed by atoms with Crippen LogP contribution in [0.1, 0.15) is 48.1 Å². The lowest BCUT2D eigenvalue weighted by atomic mass is 9.85. The first-order valence-corrected chi connectivity index (χ1v) is 12.0. The van der Waals surface area contributed by atoms with Crippen molar-refractivity contribution in [2.45, 2.75) is 58.1 Å². The van der Waals surface area contributed by atoms with Crippen LogP contribution in [0.2, 0.25) is 0 Å². The molecule has 0 radical (unpaired) electrons. The van der Waals surface area contributed by atoms with Gasteiger partial charge in [-0.1, -0.05) is 6.07 Å². The summed E-state index contributed by atoms with van der Waals surface area (Å²) in [5.74, 6) is -0.592.